The maximum atomic E-state index is 13.5. The van der Waals surface area contributed by atoms with Gasteiger partial charge in [0, 0.05) is 51.7 Å². The monoisotopic (exact) mass is 568 g/mol. The van der Waals surface area contributed by atoms with E-state index in [2.05, 4.69) is 20.9 Å². The fraction of sp³-hybridized carbons (Fsp3) is 0.125. The van der Waals surface area contributed by atoms with Crippen molar-refractivity contribution in [2.24, 2.45) is 0 Å². The summed E-state index contributed by atoms with van der Waals surface area (Å²) >= 11 is 12.4. The van der Waals surface area contributed by atoms with Crippen molar-refractivity contribution in [2.45, 2.75) is 19.0 Å². The molecule has 4 aromatic carbocycles. The fourth-order valence-electron chi connectivity index (χ4n) is 5.07. The summed E-state index contributed by atoms with van der Waals surface area (Å²) in [5.41, 5.74) is 5.37. The van der Waals surface area contributed by atoms with Crippen LogP contribution in [0.4, 0.5) is 0 Å². The first-order valence-corrected chi connectivity index (χ1v) is 13.6. The summed E-state index contributed by atoms with van der Waals surface area (Å²) in [5.74, 6) is 1.25. The number of methoxy groups -OCH3 is 1. The summed E-state index contributed by atoms with van der Waals surface area (Å²) in [5, 5.41) is 5.60. The molecule has 0 spiro atoms. The number of benzene rings is 4. The summed E-state index contributed by atoms with van der Waals surface area (Å²) in [6.45, 7) is 0.515. The normalized spacial score (nSPS) is 12.1. The highest BCUT2D eigenvalue weighted by Crippen LogP contribution is 2.30. The number of rotatable bonds is 8. The number of hydrogen-bond donors (Lipinski definition) is 2. The first kappa shape index (κ1) is 26.0. The van der Waals surface area contributed by atoms with Crippen LogP contribution in [0.2, 0.25) is 10.0 Å². The molecule has 2 aromatic heterocycles. The standard InChI is InChI=1S/C32H26Cl2N4O2/c1-40-25-13-14-28-30(17-25)38(19-20-5-4-6-24(34)15-20)31(36-28)29(37-32(39)21-9-11-23(33)12-10-21)16-22-18-35-27-8-3-2-7-26(22)27/h2-15,17-18,29,35H,16,19H2,1H3,(H,37,39). The molecule has 0 saturated heterocycles. The minimum atomic E-state index is -0.444. The second-order valence-corrected chi connectivity index (χ2v) is 10.5. The van der Waals surface area contributed by atoms with E-state index in [4.69, 9.17) is 32.9 Å². The number of fused-ring (bicyclic) bond motifs is 2. The van der Waals surface area contributed by atoms with Gasteiger partial charge in [0.05, 0.1) is 24.2 Å². The molecule has 2 heterocycles. The van der Waals surface area contributed by atoms with Crippen molar-refractivity contribution < 1.29 is 9.53 Å². The number of amides is 1. The topological polar surface area (TPSA) is 71.9 Å². The maximum Gasteiger partial charge on any atom is 0.251 e. The first-order valence-electron chi connectivity index (χ1n) is 12.9. The third kappa shape index (κ3) is 5.28. The van der Waals surface area contributed by atoms with Crippen LogP contribution in [-0.2, 0) is 13.0 Å². The Morgan fingerprint density at radius 3 is 2.60 bits per heavy atom. The average molecular weight is 569 g/mol. The van der Waals surface area contributed by atoms with E-state index in [1.807, 2.05) is 66.9 Å². The smallest absolute Gasteiger partial charge is 0.251 e. The van der Waals surface area contributed by atoms with Gasteiger partial charge in [-0.15, -0.1) is 0 Å². The van der Waals surface area contributed by atoms with E-state index in [-0.39, 0.29) is 5.91 Å². The molecule has 0 fully saturated rings. The van der Waals surface area contributed by atoms with Gasteiger partial charge in [-0.1, -0.05) is 53.5 Å². The van der Waals surface area contributed by atoms with E-state index in [9.17, 15) is 4.79 Å². The average Bonchev–Trinajstić information content (AvgIpc) is 3.54. The van der Waals surface area contributed by atoms with Gasteiger partial charge < -0.3 is 19.6 Å². The fourth-order valence-corrected chi connectivity index (χ4v) is 5.41. The number of nitrogens with zero attached hydrogens (tertiary/aromatic N) is 2. The van der Waals surface area contributed by atoms with Gasteiger partial charge in [0.15, 0.2) is 0 Å². The number of para-hydroxylation sites is 1. The zero-order chi connectivity index (χ0) is 27.6. The second kappa shape index (κ2) is 11.1. The Morgan fingerprint density at radius 1 is 0.975 bits per heavy atom. The van der Waals surface area contributed by atoms with E-state index in [1.54, 1.807) is 31.4 Å². The van der Waals surface area contributed by atoms with Crippen LogP contribution in [0, 0.1) is 0 Å². The Hall–Kier alpha value is -4.26. The van der Waals surface area contributed by atoms with Crippen LogP contribution in [0.25, 0.3) is 21.9 Å². The first-order chi connectivity index (χ1) is 19.5. The molecule has 0 aliphatic carbocycles. The molecule has 0 aliphatic rings. The molecule has 1 unspecified atom stereocenters. The van der Waals surface area contributed by atoms with Crippen molar-refractivity contribution in [3.05, 3.63) is 130 Å². The molecular weight excluding hydrogens is 543 g/mol. The third-order valence-electron chi connectivity index (χ3n) is 7.04. The minimum absolute atomic E-state index is 0.208. The van der Waals surface area contributed by atoms with Crippen LogP contribution in [0.15, 0.2) is 97.2 Å². The summed E-state index contributed by atoms with van der Waals surface area (Å²) in [7, 11) is 1.64. The van der Waals surface area contributed by atoms with Crippen LogP contribution in [-0.4, -0.2) is 27.6 Å². The summed E-state index contributed by atoms with van der Waals surface area (Å²) in [6.07, 6.45) is 2.53. The largest absolute Gasteiger partial charge is 0.497 e. The van der Waals surface area contributed by atoms with E-state index >= 15 is 0 Å². The molecule has 1 amide bonds. The minimum Gasteiger partial charge on any atom is -0.497 e. The highest BCUT2D eigenvalue weighted by Gasteiger charge is 2.25. The van der Waals surface area contributed by atoms with E-state index < -0.39 is 6.04 Å². The van der Waals surface area contributed by atoms with Crippen LogP contribution in [0.5, 0.6) is 5.75 Å². The van der Waals surface area contributed by atoms with Gasteiger partial charge in [0.1, 0.15) is 11.6 Å². The van der Waals surface area contributed by atoms with E-state index in [0.717, 1.165) is 44.6 Å². The Kier molecular flexibility index (Phi) is 7.20. The number of H-pyrrole nitrogens is 1. The zero-order valence-corrected chi connectivity index (χ0v) is 23.2. The highest BCUT2D eigenvalue weighted by molar-refractivity contribution is 6.30. The van der Waals surface area contributed by atoms with Crippen molar-refractivity contribution in [3.63, 3.8) is 0 Å². The Bertz CT molecular complexity index is 1820. The molecule has 0 aliphatic heterocycles. The van der Waals surface area contributed by atoms with Crippen LogP contribution >= 0.6 is 23.2 Å². The summed E-state index contributed by atoms with van der Waals surface area (Å²) < 4.78 is 7.67. The quantitative estimate of drug-likeness (QED) is 0.198. The predicted molar refractivity (Wildman–Crippen MR) is 161 cm³/mol. The van der Waals surface area contributed by atoms with Crippen molar-refractivity contribution in [1.29, 1.82) is 0 Å². The van der Waals surface area contributed by atoms with Gasteiger partial charge in [0.2, 0.25) is 0 Å². The van der Waals surface area contributed by atoms with Crippen molar-refractivity contribution in [3.8, 4) is 5.75 Å². The Morgan fingerprint density at radius 2 is 1.80 bits per heavy atom. The van der Waals surface area contributed by atoms with Crippen molar-refractivity contribution >= 4 is 51.0 Å². The van der Waals surface area contributed by atoms with Crippen molar-refractivity contribution in [1.82, 2.24) is 19.9 Å². The number of aromatic amines is 1. The van der Waals surface area contributed by atoms with Crippen LogP contribution < -0.4 is 10.1 Å². The molecule has 40 heavy (non-hydrogen) atoms. The van der Waals surface area contributed by atoms with Gasteiger partial charge in [0.25, 0.3) is 5.91 Å². The molecule has 200 valence electrons. The van der Waals surface area contributed by atoms with Crippen molar-refractivity contribution in [2.75, 3.05) is 7.11 Å². The molecule has 6 aromatic rings. The lowest BCUT2D eigenvalue weighted by Crippen LogP contribution is -2.32. The lowest BCUT2D eigenvalue weighted by molar-refractivity contribution is 0.0934. The number of carbonyl (C=O) groups excluding carboxylic acids is 1. The maximum absolute atomic E-state index is 13.5. The molecule has 8 heteroatoms. The number of nitrogens with one attached hydrogen (secondary N) is 2. The number of carbonyl (C=O) groups is 1. The number of imidazole rings is 1. The van der Waals surface area contributed by atoms with E-state index in [1.165, 1.54) is 0 Å². The lowest BCUT2D eigenvalue weighted by Gasteiger charge is -2.21. The summed E-state index contributed by atoms with van der Waals surface area (Å²) in [4.78, 5) is 21.9. The van der Waals surface area contributed by atoms with Gasteiger partial charge in [-0.3, -0.25) is 4.79 Å². The lowest BCUT2D eigenvalue weighted by atomic mass is 10.0. The molecule has 0 bridgehead atoms. The summed E-state index contributed by atoms with van der Waals surface area (Å²) in [6, 6.07) is 28.1. The van der Waals surface area contributed by atoms with Gasteiger partial charge >= 0.3 is 0 Å². The van der Waals surface area contributed by atoms with Gasteiger partial charge in [-0.2, -0.15) is 0 Å². The van der Waals surface area contributed by atoms with Gasteiger partial charge in [-0.25, -0.2) is 4.98 Å². The van der Waals surface area contributed by atoms with Crippen LogP contribution in [0.1, 0.15) is 33.4 Å². The molecule has 0 radical (unpaired) electrons. The SMILES string of the molecule is COc1ccc2nc(C(Cc3c[nH]c4ccccc34)NC(=O)c3ccc(Cl)cc3)n(Cc3cccc(Cl)c3)c2c1. The number of hydrogen-bond acceptors (Lipinski definition) is 3. The molecule has 6 nitrogen and oxygen atoms in total. The Labute approximate surface area is 241 Å². The molecular formula is C32H26Cl2N4O2. The van der Waals surface area contributed by atoms with Gasteiger partial charge in [-0.05, 0) is 65.7 Å². The zero-order valence-electron chi connectivity index (χ0n) is 21.7. The highest BCUT2D eigenvalue weighted by atomic mass is 35.5. The predicted octanol–water partition coefficient (Wildman–Crippen LogP) is 7.60. The molecule has 6 rings (SSSR count). The number of halogens is 2. The molecule has 1 atom stereocenters. The number of aromatic nitrogens is 3. The second-order valence-electron chi connectivity index (χ2n) is 9.64. The molecule has 0 saturated carbocycles. The Balaban J connectivity index is 1.48. The third-order valence-corrected chi connectivity index (χ3v) is 7.52. The van der Waals surface area contributed by atoms with Crippen LogP contribution in [0.3, 0.4) is 0 Å². The van der Waals surface area contributed by atoms with E-state index in [0.29, 0.717) is 28.6 Å². The molecule has 2 N–H and O–H groups in total. The number of ether oxygens (including phenoxy) is 1.